The van der Waals surface area contributed by atoms with Gasteiger partial charge in [-0.25, -0.2) is 5.48 Å². The Morgan fingerprint density at radius 2 is 1.97 bits per heavy atom. The van der Waals surface area contributed by atoms with Crippen LogP contribution in [0.5, 0.6) is 6.01 Å². The average molecular weight is 517 g/mol. The molecule has 3 rings (SSSR count). The van der Waals surface area contributed by atoms with Crippen LogP contribution in [0.25, 0.3) is 0 Å². The van der Waals surface area contributed by atoms with Crippen LogP contribution in [0.4, 0.5) is 5.82 Å². The Labute approximate surface area is 205 Å². The molecule has 0 aromatic carbocycles. The lowest BCUT2D eigenvalue weighted by Gasteiger charge is -2.33. The van der Waals surface area contributed by atoms with Gasteiger partial charge < -0.3 is 30.2 Å². The summed E-state index contributed by atoms with van der Waals surface area (Å²) in [5.74, 6) is -0.501. The number of amides is 2. The van der Waals surface area contributed by atoms with Gasteiger partial charge in [0.05, 0.1) is 23.8 Å². The van der Waals surface area contributed by atoms with E-state index in [9.17, 15) is 14.7 Å². The van der Waals surface area contributed by atoms with E-state index in [1.807, 2.05) is 4.90 Å². The summed E-state index contributed by atoms with van der Waals surface area (Å²) in [5.41, 5.74) is 3.03. The van der Waals surface area contributed by atoms with Crippen molar-refractivity contribution >= 4 is 40.8 Å². The third kappa shape index (κ3) is 6.27. The molecule has 3 heterocycles. The second kappa shape index (κ2) is 11.7. The molecule has 12 nitrogen and oxygen atoms in total. The van der Waals surface area contributed by atoms with Crippen LogP contribution in [0.1, 0.15) is 39.5 Å². The van der Waals surface area contributed by atoms with Crippen LogP contribution in [0.3, 0.4) is 0 Å². The third-order valence-corrected chi connectivity index (χ3v) is 6.12. The first-order valence-electron chi connectivity index (χ1n) is 10.5. The molecule has 0 spiro atoms. The van der Waals surface area contributed by atoms with Crippen molar-refractivity contribution in [1.29, 1.82) is 0 Å². The topological polar surface area (TPSA) is 162 Å². The van der Waals surface area contributed by atoms with Gasteiger partial charge in [-0.1, -0.05) is 23.2 Å². The number of ether oxygens (including phenoxy) is 1. The fraction of sp³-hybridized carbons (Fsp3) is 0.500. The van der Waals surface area contributed by atoms with Gasteiger partial charge in [0.2, 0.25) is 0 Å². The molecule has 186 valence electrons. The molecule has 1 saturated heterocycles. The zero-order valence-electron chi connectivity index (χ0n) is 18.6. The van der Waals surface area contributed by atoms with Gasteiger partial charge in [0.1, 0.15) is 29.9 Å². The van der Waals surface area contributed by atoms with E-state index in [1.165, 1.54) is 13.2 Å². The first-order valence-corrected chi connectivity index (χ1v) is 11.2. The number of nitrogens with one attached hydrogen (secondary N) is 3. The number of H-pyrrole nitrogens is 1. The SMILES string of the molecule is CONC(=O)c1cc(N2CCC(NC(=O)c3[nH]c(C)c(Cl)c3Cl)CC2)nc(OCC(O)CO)n1. The molecule has 14 heteroatoms. The van der Waals surface area contributed by atoms with E-state index in [0.717, 1.165) is 0 Å². The predicted octanol–water partition coefficient (Wildman–Crippen LogP) is 0.842. The zero-order chi connectivity index (χ0) is 24.8. The van der Waals surface area contributed by atoms with E-state index >= 15 is 0 Å². The molecule has 2 aromatic heterocycles. The lowest BCUT2D eigenvalue weighted by atomic mass is 10.0. The second-order valence-electron chi connectivity index (χ2n) is 7.66. The number of aryl methyl sites for hydroxylation is 1. The van der Waals surface area contributed by atoms with Crippen molar-refractivity contribution in [3.05, 3.63) is 33.2 Å². The van der Waals surface area contributed by atoms with E-state index in [-0.39, 0.29) is 41.0 Å². The average Bonchev–Trinajstić information content (AvgIpc) is 3.10. The van der Waals surface area contributed by atoms with Gasteiger partial charge in [-0.2, -0.15) is 9.97 Å². The van der Waals surface area contributed by atoms with Gasteiger partial charge in [0.25, 0.3) is 11.8 Å². The molecule has 2 aromatic rings. The van der Waals surface area contributed by atoms with Gasteiger partial charge in [-0.3, -0.25) is 14.4 Å². The van der Waals surface area contributed by atoms with Crippen molar-refractivity contribution in [2.24, 2.45) is 0 Å². The standard InChI is InChI=1S/C20H26Cl2N6O6/c1-10-15(21)16(22)17(23-10)19(32)24-11-3-5-28(6-4-11)14-7-13(18(31)27-33-2)25-20(26-14)34-9-12(30)8-29/h7,11-12,23,29-30H,3-6,8-9H2,1-2H3,(H,24,32)(H,27,31). The number of piperidine rings is 1. The van der Waals surface area contributed by atoms with Gasteiger partial charge in [-0.05, 0) is 19.8 Å². The highest BCUT2D eigenvalue weighted by Gasteiger charge is 2.26. The fourth-order valence-electron chi connectivity index (χ4n) is 3.36. The minimum atomic E-state index is -1.12. The summed E-state index contributed by atoms with van der Waals surface area (Å²) in [6, 6.07) is 1.26. The Hall–Kier alpha value is -2.64. The lowest BCUT2D eigenvalue weighted by molar-refractivity contribution is 0.0490. The molecule has 0 aliphatic carbocycles. The maximum atomic E-state index is 12.6. The minimum Gasteiger partial charge on any atom is -0.461 e. The smallest absolute Gasteiger partial charge is 0.319 e. The maximum absolute atomic E-state index is 12.6. The summed E-state index contributed by atoms with van der Waals surface area (Å²) in [7, 11) is 1.30. The number of hydrogen-bond acceptors (Lipinski definition) is 9. The molecule has 0 radical (unpaired) electrons. The second-order valence-corrected chi connectivity index (χ2v) is 8.42. The van der Waals surface area contributed by atoms with Crippen LogP contribution in [0, 0.1) is 6.92 Å². The van der Waals surface area contributed by atoms with Crippen LogP contribution in [-0.4, -0.2) is 82.5 Å². The number of anilines is 1. The Bertz CT molecular complexity index is 1030. The van der Waals surface area contributed by atoms with Gasteiger partial charge in [0, 0.05) is 30.9 Å². The number of aliphatic hydroxyl groups is 2. The zero-order valence-corrected chi connectivity index (χ0v) is 20.1. The van der Waals surface area contributed by atoms with Crippen molar-refractivity contribution in [1.82, 2.24) is 25.7 Å². The number of hydrogen-bond donors (Lipinski definition) is 5. The fourth-order valence-corrected chi connectivity index (χ4v) is 3.78. The highest BCUT2D eigenvalue weighted by atomic mass is 35.5. The molecular formula is C20H26Cl2N6O6. The van der Waals surface area contributed by atoms with E-state index in [4.69, 9.17) is 33.0 Å². The molecule has 1 unspecified atom stereocenters. The molecule has 1 fully saturated rings. The number of rotatable bonds is 9. The molecule has 0 bridgehead atoms. The summed E-state index contributed by atoms with van der Waals surface area (Å²) in [6.07, 6.45) is 0.106. The highest BCUT2D eigenvalue weighted by Crippen LogP contribution is 2.29. The van der Waals surface area contributed by atoms with E-state index in [1.54, 1.807) is 6.92 Å². The number of halogens is 2. The summed E-state index contributed by atoms with van der Waals surface area (Å²) in [6.45, 7) is 2.06. The van der Waals surface area contributed by atoms with Crippen molar-refractivity contribution in [3.8, 4) is 6.01 Å². The summed E-state index contributed by atoms with van der Waals surface area (Å²) >= 11 is 12.2. The first-order chi connectivity index (χ1) is 16.2. The highest BCUT2D eigenvalue weighted by molar-refractivity contribution is 6.44. The number of aliphatic hydroxyl groups excluding tert-OH is 2. The molecule has 1 atom stereocenters. The number of nitrogens with zero attached hydrogens (tertiary/aromatic N) is 3. The number of aromatic amines is 1. The van der Waals surface area contributed by atoms with Crippen LogP contribution >= 0.6 is 23.2 Å². The maximum Gasteiger partial charge on any atom is 0.319 e. The minimum absolute atomic E-state index is 0.00407. The molecular weight excluding hydrogens is 491 g/mol. The van der Waals surface area contributed by atoms with E-state index < -0.39 is 18.6 Å². The number of carbonyl (C=O) groups is 2. The molecule has 1 aliphatic heterocycles. The van der Waals surface area contributed by atoms with E-state index in [0.29, 0.717) is 42.5 Å². The van der Waals surface area contributed by atoms with Gasteiger partial charge in [0.15, 0.2) is 0 Å². The number of aromatic nitrogens is 3. The predicted molar refractivity (Wildman–Crippen MR) is 123 cm³/mol. The Kier molecular flexibility index (Phi) is 8.91. The number of hydroxylamine groups is 1. The van der Waals surface area contributed by atoms with Crippen LogP contribution in [0.2, 0.25) is 10.0 Å². The van der Waals surface area contributed by atoms with Crippen LogP contribution in [-0.2, 0) is 4.84 Å². The van der Waals surface area contributed by atoms with E-state index in [2.05, 4.69) is 30.6 Å². The molecule has 34 heavy (non-hydrogen) atoms. The summed E-state index contributed by atoms with van der Waals surface area (Å²) in [4.78, 5) is 42.6. The summed E-state index contributed by atoms with van der Waals surface area (Å²) < 4.78 is 5.34. The van der Waals surface area contributed by atoms with Crippen LogP contribution in [0.15, 0.2) is 6.07 Å². The largest absolute Gasteiger partial charge is 0.461 e. The molecule has 5 N–H and O–H groups in total. The van der Waals surface area contributed by atoms with Crippen molar-refractivity contribution < 1.29 is 29.4 Å². The third-order valence-electron chi connectivity index (χ3n) is 5.17. The van der Waals surface area contributed by atoms with Gasteiger partial charge in [-0.15, -0.1) is 0 Å². The monoisotopic (exact) mass is 516 g/mol. The Balaban J connectivity index is 1.67. The lowest BCUT2D eigenvalue weighted by Crippen LogP contribution is -2.45. The quantitative estimate of drug-likeness (QED) is 0.304. The first kappa shape index (κ1) is 26.0. The van der Waals surface area contributed by atoms with Crippen molar-refractivity contribution in [3.63, 3.8) is 0 Å². The van der Waals surface area contributed by atoms with Crippen LogP contribution < -0.4 is 20.4 Å². The van der Waals surface area contributed by atoms with Crippen molar-refractivity contribution in [2.75, 3.05) is 38.3 Å². The van der Waals surface area contributed by atoms with Gasteiger partial charge >= 0.3 is 6.01 Å². The normalized spacial score (nSPS) is 15.2. The summed E-state index contributed by atoms with van der Waals surface area (Å²) in [5, 5.41) is 22.0. The molecule has 1 aliphatic rings. The number of carbonyl (C=O) groups excluding carboxylic acids is 2. The molecule has 0 saturated carbocycles. The van der Waals surface area contributed by atoms with Crippen molar-refractivity contribution in [2.45, 2.75) is 31.9 Å². The Morgan fingerprint density at radius 3 is 2.56 bits per heavy atom. The molecule has 2 amide bonds. The Morgan fingerprint density at radius 1 is 1.26 bits per heavy atom.